The molecule has 0 bridgehead atoms. The van der Waals surface area contributed by atoms with Gasteiger partial charge in [-0.05, 0) is 29.9 Å². The zero-order chi connectivity index (χ0) is 11.8. The van der Waals surface area contributed by atoms with Crippen LogP contribution in [0.5, 0.6) is 0 Å². The van der Waals surface area contributed by atoms with E-state index in [1.165, 1.54) is 6.20 Å². The summed E-state index contributed by atoms with van der Waals surface area (Å²) >= 11 is 0. The fourth-order valence-corrected chi connectivity index (χ4v) is 2.42. The average molecular weight is 220 g/mol. The molecule has 0 amide bonds. The number of pyridine rings is 1. The first-order valence-electron chi connectivity index (χ1n) is 5.54. The Balaban J connectivity index is 2.38. The first kappa shape index (κ1) is 11.3. The van der Waals surface area contributed by atoms with E-state index in [0.717, 1.165) is 18.4 Å². The lowest BCUT2D eigenvalue weighted by atomic mass is 9.74. The lowest BCUT2D eigenvalue weighted by molar-refractivity contribution is 0.318. The van der Waals surface area contributed by atoms with Crippen molar-refractivity contribution in [3.63, 3.8) is 0 Å². The normalized spacial score (nSPS) is 24.0. The summed E-state index contributed by atoms with van der Waals surface area (Å²) in [5, 5.41) is 0. The van der Waals surface area contributed by atoms with E-state index in [0.29, 0.717) is 5.56 Å². The van der Waals surface area contributed by atoms with E-state index >= 15 is 0 Å². The molecule has 0 aliphatic heterocycles. The van der Waals surface area contributed by atoms with E-state index < -0.39 is 0 Å². The molecule has 0 radical (unpaired) electrons. The first-order chi connectivity index (χ1) is 7.48. The van der Waals surface area contributed by atoms with E-state index in [1.807, 2.05) is 6.08 Å². The second kappa shape index (κ2) is 3.98. The van der Waals surface area contributed by atoms with Crippen LogP contribution >= 0.6 is 0 Å². The van der Waals surface area contributed by atoms with Crippen molar-refractivity contribution in [2.24, 2.45) is 11.1 Å². The standard InChI is InChI=1S/C13H17FN2/c1-13(2)6-9(5-10(15)7-13)11-3-4-16-8-12(11)14/h3-5,8,10H,6-7,15H2,1-2H3. The quantitative estimate of drug-likeness (QED) is 0.790. The molecule has 0 spiro atoms. The highest BCUT2D eigenvalue weighted by molar-refractivity contribution is 5.67. The van der Waals surface area contributed by atoms with E-state index in [4.69, 9.17) is 5.73 Å². The number of halogens is 1. The molecule has 86 valence electrons. The van der Waals surface area contributed by atoms with Gasteiger partial charge in [0, 0.05) is 17.8 Å². The molecule has 16 heavy (non-hydrogen) atoms. The van der Waals surface area contributed by atoms with E-state index in [9.17, 15) is 4.39 Å². The minimum atomic E-state index is -0.265. The van der Waals surface area contributed by atoms with Crippen LogP contribution in [0.25, 0.3) is 5.57 Å². The summed E-state index contributed by atoms with van der Waals surface area (Å²) < 4.78 is 13.6. The molecule has 3 heteroatoms. The average Bonchev–Trinajstić information content (AvgIpc) is 2.15. The van der Waals surface area contributed by atoms with Crippen LogP contribution in [0, 0.1) is 11.2 Å². The van der Waals surface area contributed by atoms with Crippen LogP contribution < -0.4 is 5.73 Å². The minimum absolute atomic E-state index is 0.0197. The maximum atomic E-state index is 13.6. The van der Waals surface area contributed by atoms with Gasteiger partial charge in [0.25, 0.3) is 0 Å². The Bertz CT molecular complexity index is 424. The van der Waals surface area contributed by atoms with Crippen molar-refractivity contribution >= 4 is 5.57 Å². The van der Waals surface area contributed by atoms with Crippen molar-refractivity contribution in [1.82, 2.24) is 4.98 Å². The largest absolute Gasteiger partial charge is 0.324 e. The molecule has 0 fully saturated rings. The number of allylic oxidation sites excluding steroid dienone is 1. The molecular formula is C13H17FN2. The van der Waals surface area contributed by atoms with Crippen LogP contribution in [0.2, 0.25) is 0 Å². The summed E-state index contributed by atoms with van der Waals surface area (Å²) in [6.45, 7) is 4.33. The summed E-state index contributed by atoms with van der Waals surface area (Å²) in [4.78, 5) is 3.76. The van der Waals surface area contributed by atoms with Crippen LogP contribution in [0.15, 0.2) is 24.5 Å². The third-order valence-electron chi connectivity index (χ3n) is 2.99. The molecular weight excluding hydrogens is 203 g/mol. The Labute approximate surface area is 95.4 Å². The van der Waals surface area contributed by atoms with Gasteiger partial charge in [-0.3, -0.25) is 4.98 Å². The summed E-state index contributed by atoms with van der Waals surface area (Å²) in [5.74, 6) is -0.265. The van der Waals surface area contributed by atoms with Crippen molar-refractivity contribution in [3.8, 4) is 0 Å². The van der Waals surface area contributed by atoms with Gasteiger partial charge in [-0.1, -0.05) is 19.9 Å². The number of rotatable bonds is 1. The van der Waals surface area contributed by atoms with E-state index in [-0.39, 0.29) is 17.3 Å². The molecule has 1 aliphatic rings. The predicted octanol–water partition coefficient (Wildman–Crippen LogP) is 2.75. The molecule has 1 aliphatic carbocycles. The van der Waals surface area contributed by atoms with Gasteiger partial charge in [0.1, 0.15) is 5.82 Å². The second-order valence-corrected chi connectivity index (χ2v) is 5.26. The first-order valence-corrected chi connectivity index (χ1v) is 5.54. The van der Waals surface area contributed by atoms with E-state index in [2.05, 4.69) is 18.8 Å². The van der Waals surface area contributed by atoms with Crippen molar-refractivity contribution < 1.29 is 4.39 Å². The highest BCUT2D eigenvalue weighted by Gasteiger charge is 2.28. The van der Waals surface area contributed by atoms with Crippen LogP contribution in [-0.2, 0) is 0 Å². The molecule has 2 nitrogen and oxygen atoms in total. The van der Waals surface area contributed by atoms with Gasteiger partial charge in [0.05, 0.1) is 6.20 Å². The fourth-order valence-electron chi connectivity index (χ4n) is 2.42. The smallest absolute Gasteiger partial charge is 0.148 e. The summed E-state index contributed by atoms with van der Waals surface area (Å²) in [6.07, 6.45) is 6.66. The predicted molar refractivity (Wildman–Crippen MR) is 63.2 cm³/mol. The van der Waals surface area contributed by atoms with Crippen LogP contribution in [0.4, 0.5) is 4.39 Å². The van der Waals surface area contributed by atoms with Gasteiger partial charge in [-0.2, -0.15) is 0 Å². The highest BCUT2D eigenvalue weighted by atomic mass is 19.1. The maximum Gasteiger partial charge on any atom is 0.148 e. The monoisotopic (exact) mass is 220 g/mol. The SMILES string of the molecule is CC1(C)CC(c2ccncc2F)=CC(N)C1. The second-order valence-electron chi connectivity index (χ2n) is 5.26. The van der Waals surface area contributed by atoms with Crippen molar-refractivity contribution in [1.29, 1.82) is 0 Å². The van der Waals surface area contributed by atoms with Gasteiger partial charge in [-0.15, -0.1) is 0 Å². The minimum Gasteiger partial charge on any atom is -0.324 e. The lowest BCUT2D eigenvalue weighted by Crippen LogP contribution is -2.30. The third kappa shape index (κ3) is 2.30. The molecule has 0 saturated carbocycles. The Morgan fingerprint density at radius 2 is 2.25 bits per heavy atom. The number of nitrogens with two attached hydrogens (primary N) is 1. The lowest BCUT2D eigenvalue weighted by Gasteiger charge is -2.33. The number of hydrogen-bond acceptors (Lipinski definition) is 2. The van der Waals surface area contributed by atoms with Crippen LogP contribution in [0.3, 0.4) is 0 Å². The molecule has 2 N–H and O–H groups in total. The summed E-state index contributed by atoms with van der Waals surface area (Å²) in [6, 6.07) is 1.74. The van der Waals surface area contributed by atoms with Gasteiger partial charge in [-0.25, -0.2) is 4.39 Å². The Morgan fingerprint density at radius 1 is 1.50 bits per heavy atom. The zero-order valence-electron chi connectivity index (χ0n) is 9.70. The number of aromatic nitrogens is 1. The molecule has 1 atom stereocenters. The fraction of sp³-hybridized carbons (Fsp3) is 0.462. The van der Waals surface area contributed by atoms with Crippen molar-refractivity contribution in [2.45, 2.75) is 32.7 Å². The molecule has 1 unspecified atom stereocenters. The van der Waals surface area contributed by atoms with Crippen LogP contribution in [0.1, 0.15) is 32.3 Å². The maximum absolute atomic E-state index is 13.6. The van der Waals surface area contributed by atoms with Gasteiger partial charge in [0.2, 0.25) is 0 Å². The van der Waals surface area contributed by atoms with Gasteiger partial charge in [0.15, 0.2) is 0 Å². The highest BCUT2D eigenvalue weighted by Crippen LogP contribution is 2.39. The Morgan fingerprint density at radius 3 is 2.88 bits per heavy atom. The number of hydrogen-bond donors (Lipinski definition) is 1. The van der Waals surface area contributed by atoms with Crippen molar-refractivity contribution in [3.05, 3.63) is 35.9 Å². The van der Waals surface area contributed by atoms with Gasteiger partial charge >= 0.3 is 0 Å². The van der Waals surface area contributed by atoms with Crippen LogP contribution in [-0.4, -0.2) is 11.0 Å². The Hall–Kier alpha value is -1.22. The van der Waals surface area contributed by atoms with Gasteiger partial charge < -0.3 is 5.73 Å². The molecule has 0 saturated heterocycles. The van der Waals surface area contributed by atoms with Crippen molar-refractivity contribution in [2.75, 3.05) is 0 Å². The molecule has 1 aromatic heterocycles. The molecule has 2 rings (SSSR count). The molecule has 1 aromatic rings. The third-order valence-corrected chi connectivity index (χ3v) is 2.99. The zero-order valence-corrected chi connectivity index (χ0v) is 9.70. The Kier molecular flexibility index (Phi) is 2.80. The molecule has 0 aromatic carbocycles. The molecule has 1 heterocycles. The van der Waals surface area contributed by atoms with E-state index in [1.54, 1.807) is 12.3 Å². The topological polar surface area (TPSA) is 38.9 Å². The summed E-state index contributed by atoms with van der Waals surface area (Å²) in [5.41, 5.74) is 7.75. The summed E-state index contributed by atoms with van der Waals surface area (Å²) in [7, 11) is 0. The number of nitrogens with zero attached hydrogens (tertiary/aromatic N) is 1.